The van der Waals surface area contributed by atoms with Crippen LogP contribution in [0.4, 0.5) is 4.39 Å². The maximum atomic E-state index is 13.6. The van der Waals surface area contributed by atoms with E-state index < -0.39 is 10.0 Å². The van der Waals surface area contributed by atoms with Crippen LogP contribution in [-0.4, -0.2) is 67.3 Å². The van der Waals surface area contributed by atoms with Gasteiger partial charge in [0.15, 0.2) is 0 Å². The summed E-state index contributed by atoms with van der Waals surface area (Å²) < 4.78 is 39.7. The van der Waals surface area contributed by atoms with E-state index in [4.69, 9.17) is 10.2 Å². The first kappa shape index (κ1) is 39.7. The van der Waals surface area contributed by atoms with Gasteiger partial charge >= 0.3 is 0 Å². The fraction of sp³-hybridized carbons (Fsp3) is 0.500. The number of aryl methyl sites for hydroxylation is 1. The average Bonchev–Trinajstić information content (AvgIpc) is 3.38. The topological polar surface area (TPSA) is 93.2 Å². The zero-order valence-corrected chi connectivity index (χ0v) is 28.8. The molecule has 3 aromatic rings. The molecule has 0 aliphatic rings. The lowest BCUT2D eigenvalue weighted by Crippen LogP contribution is -2.34. The lowest BCUT2D eigenvalue weighted by atomic mass is 10.1. The third kappa shape index (κ3) is 13.7. The number of thiol groups is 2. The van der Waals surface area contributed by atoms with Crippen molar-refractivity contribution in [2.75, 3.05) is 44.2 Å². The van der Waals surface area contributed by atoms with Crippen LogP contribution in [0.25, 0.3) is 16.9 Å². The van der Waals surface area contributed by atoms with Crippen molar-refractivity contribution < 1.29 is 12.8 Å². The minimum Gasteiger partial charge on any atom is -0.315 e. The highest BCUT2D eigenvalue weighted by Gasteiger charge is 2.19. The SMILES string of the molecule is Cl.Cl.NS(=O)(=O)c1ccccc1-n1nc(CCCCCCCCCN(CCS)CCNCCS)cc1-c1ccc(F)cc1. The Labute approximate surface area is 280 Å². The normalized spacial score (nSPS) is 11.4. The maximum Gasteiger partial charge on any atom is 0.240 e. The average molecular weight is 695 g/mol. The molecule has 0 spiro atoms. The highest BCUT2D eigenvalue weighted by Crippen LogP contribution is 2.28. The minimum atomic E-state index is -3.96. The molecule has 1 aromatic heterocycles. The third-order valence-corrected chi connectivity index (χ3v) is 8.40. The lowest BCUT2D eigenvalue weighted by molar-refractivity contribution is 0.283. The van der Waals surface area contributed by atoms with E-state index in [-0.39, 0.29) is 35.5 Å². The fourth-order valence-corrected chi connectivity index (χ4v) is 6.03. The first-order chi connectivity index (χ1) is 19.8. The molecule has 0 aliphatic heterocycles. The Morgan fingerprint density at radius 3 is 2.14 bits per heavy atom. The predicted molar refractivity (Wildman–Crippen MR) is 188 cm³/mol. The largest absolute Gasteiger partial charge is 0.315 e. The van der Waals surface area contributed by atoms with Crippen LogP contribution in [0.2, 0.25) is 0 Å². The number of primary sulfonamides is 1. The number of hydrogen-bond acceptors (Lipinski definition) is 7. The molecule has 0 atom stereocenters. The quantitative estimate of drug-likeness (QED) is 0.0837. The summed E-state index contributed by atoms with van der Waals surface area (Å²) in [5.74, 6) is 1.41. The molecule has 0 fully saturated rings. The van der Waals surface area contributed by atoms with Crippen LogP contribution >= 0.6 is 50.1 Å². The van der Waals surface area contributed by atoms with Crippen LogP contribution in [0.1, 0.15) is 50.6 Å². The summed E-state index contributed by atoms with van der Waals surface area (Å²) in [6.07, 6.45) is 8.95. The van der Waals surface area contributed by atoms with Crippen LogP contribution in [0, 0.1) is 5.82 Å². The maximum absolute atomic E-state index is 13.6. The summed E-state index contributed by atoms with van der Waals surface area (Å²) in [4.78, 5) is 2.48. The van der Waals surface area contributed by atoms with Gasteiger partial charge in [0, 0.05) is 43.2 Å². The van der Waals surface area contributed by atoms with Crippen LogP contribution in [0.3, 0.4) is 0 Å². The van der Waals surface area contributed by atoms with Crippen molar-refractivity contribution in [2.45, 2.75) is 56.3 Å². The number of nitrogens with two attached hydrogens (primary N) is 1. The van der Waals surface area contributed by atoms with Gasteiger partial charge in [-0.05, 0) is 68.3 Å². The second-order valence-electron chi connectivity index (χ2n) is 10.2. The Hall–Kier alpha value is -1.31. The number of halogens is 3. The second kappa shape index (κ2) is 21.4. The molecule has 0 amide bonds. The molecule has 0 saturated carbocycles. The predicted octanol–water partition coefficient (Wildman–Crippen LogP) is 6.19. The van der Waals surface area contributed by atoms with Crippen molar-refractivity contribution in [1.29, 1.82) is 0 Å². The Kier molecular flexibility index (Phi) is 19.8. The highest BCUT2D eigenvalue weighted by atomic mass is 35.5. The summed E-state index contributed by atoms with van der Waals surface area (Å²) in [6, 6.07) is 14.6. The molecule has 43 heavy (non-hydrogen) atoms. The van der Waals surface area contributed by atoms with Gasteiger partial charge in [-0.3, -0.25) is 0 Å². The summed E-state index contributed by atoms with van der Waals surface area (Å²) in [5.41, 5.74) is 2.68. The van der Waals surface area contributed by atoms with E-state index in [0.717, 1.165) is 74.7 Å². The van der Waals surface area contributed by atoms with E-state index in [2.05, 4.69) is 35.5 Å². The van der Waals surface area contributed by atoms with Gasteiger partial charge in [0.2, 0.25) is 10.0 Å². The zero-order chi connectivity index (χ0) is 29.5. The standard InChI is InChI=1S/C30H44FN5O2S3.2ClH/c31-26-15-13-25(14-16-26)29-24-27(34-36(29)28-11-7-8-12-30(28)41(32,37)38)10-6-4-2-1-3-5-9-19-35(21-23-40)20-17-33-18-22-39;;/h7-8,11-16,24,33,39-40H,1-6,9-10,17-23H2,(H2,32,37,38);2*1H. The molecule has 1 heterocycles. The van der Waals surface area contributed by atoms with E-state index in [9.17, 15) is 12.8 Å². The van der Waals surface area contributed by atoms with Gasteiger partial charge in [-0.25, -0.2) is 22.6 Å². The molecular formula is C30H46Cl2FN5O2S3. The van der Waals surface area contributed by atoms with E-state index in [1.807, 2.05) is 6.07 Å². The number of nitrogens with zero attached hydrogens (tertiary/aromatic N) is 3. The van der Waals surface area contributed by atoms with E-state index in [1.165, 1.54) is 50.3 Å². The summed E-state index contributed by atoms with van der Waals surface area (Å²) >= 11 is 8.64. The van der Waals surface area contributed by atoms with E-state index in [0.29, 0.717) is 11.4 Å². The second-order valence-corrected chi connectivity index (χ2v) is 12.6. The van der Waals surface area contributed by atoms with E-state index in [1.54, 1.807) is 35.0 Å². The van der Waals surface area contributed by atoms with Gasteiger partial charge in [0.1, 0.15) is 10.7 Å². The van der Waals surface area contributed by atoms with Crippen LogP contribution in [0.15, 0.2) is 59.5 Å². The van der Waals surface area contributed by atoms with Gasteiger partial charge in [-0.2, -0.15) is 30.4 Å². The highest BCUT2D eigenvalue weighted by molar-refractivity contribution is 7.89. The molecule has 0 aliphatic carbocycles. The molecule has 2 aromatic carbocycles. The van der Waals surface area contributed by atoms with Crippen molar-refractivity contribution in [3.8, 4) is 16.9 Å². The Morgan fingerprint density at radius 1 is 0.837 bits per heavy atom. The van der Waals surface area contributed by atoms with Crippen molar-refractivity contribution in [3.05, 3.63) is 66.1 Å². The number of para-hydroxylation sites is 1. The van der Waals surface area contributed by atoms with Gasteiger partial charge in [-0.1, -0.05) is 44.2 Å². The van der Waals surface area contributed by atoms with Crippen LogP contribution in [0.5, 0.6) is 0 Å². The third-order valence-electron chi connectivity index (χ3n) is 7.02. The minimum absolute atomic E-state index is 0. The van der Waals surface area contributed by atoms with Gasteiger partial charge in [-0.15, -0.1) is 24.8 Å². The van der Waals surface area contributed by atoms with E-state index >= 15 is 0 Å². The van der Waals surface area contributed by atoms with Gasteiger partial charge < -0.3 is 10.2 Å². The molecule has 242 valence electrons. The first-order valence-electron chi connectivity index (χ1n) is 14.5. The Morgan fingerprint density at radius 2 is 1.49 bits per heavy atom. The number of hydrogen-bond donors (Lipinski definition) is 4. The van der Waals surface area contributed by atoms with Crippen molar-refractivity contribution in [2.24, 2.45) is 5.14 Å². The number of sulfonamides is 1. The summed E-state index contributed by atoms with van der Waals surface area (Å²) in [7, 11) is -3.96. The monoisotopic (exact) mass is 693 g/mol. The van der Waals surface area contributed by atoms with Gasteiger partial charge in [0.25, 0.3) is 0 Å². The van der Waals surface area contributed by atoms with Crippen molar-refractivity contribution in [3.63, 3.8) is 0 Å². The molecule has 0 bridgehead atoms. The number of nitrogens with one attached hydrogen (secondary N) is 1. The number of unbranched alkanes of at least 4 members (excludes halogenated alkanes) is 6. The van der Waals surface area contributed by atoms with Gasteiger partial charge in [0.05, 0.1) is 17.1 Å². The number of aromatic nitrogens is 2. The Balaban J connectivity index is 0.00000462. The zero-order valence-electron chi connectivity index (χ0n) is 24.5. The molecule has 0 radical (unpaired) electrons. The Bertz CT molecular complexity index is 1300. The fourth-order valence-electron chi connectivity index (χ4n) is 4.88. The molecule has 3 rings (SSSR count). The number of rotatable bonds is 20. The smallest absolute Gasteiger partial charge is 0.240 e. The van der Waals surface area contributed by atoms with Crippen molar-refractivity contribution in [1.82, 2.24) is 20.0 Å². The van der Waals surface area contributed by atoms with Crippen molar-refractivity contribution >= 4 is 60.1 Å². The molecule has 13 heteroatoms. The summed E-state index contributed by atoms with van der Waals surface area (Å²) in [6.45, 7) is 5.15. The molecule has 0 saturated heterocycles. The lowest BCUT2D eigenvalue weighted by Gasteiger charge is -2.21. The molecule has 3 N–H and O–H groups in total. The van der Waals surface area contributed by atoms with Crippen LogP contribution in [-0.2, 0) is 16.4 Å². The number of benzene rings is 2. The molecule has 0 unspecified atom stereocenters. The molecule has 7 nitrogen and oxygen atoms in total. The first-order valence-corrected chi connectivity index (χ1v) is 17.3. The molecular weight excluding hydrogens is 648 g/mol. The van der Waals surface area contributed by atoms with Crippen LogP contribution < -0.4 is 10.5 Å². The summed E-state index contributed by atoms with van der Waals surface area (Å²) in [5, 5.41) is 13.7.